The Morgan fingerprint density at radius 1 is 0.667 bits per heavy atom. The maximum absolute atomic E-state index is 8.56. The molecule has 6 N–H and O–H groups in total. The van der Waals surface area contributed by atoms with E-state index in [0.29, 0.717) is 13.2 Å². The molecule has 0 saturated heterocycles. The first-order valence-corrected chi connectivity index (χ1v) is 9.76. The van der Waals surface area contributed by atoms with Crippen LogP contribution >= 0.6 is 0 Å². The fraction of sp³-hybridized carbons (Fsp3) is 0.889. The molecule has 0 aromatic heterocycles. The smallest absolute Gasteiger partial charge is 0.450 e. The summed E-state index contributed by atoms with van der Waals surface area (Å²) in [5.41, 5.74) is 0. The zero-order chi connectivity index (χ0) is 24.2. The number of hydrogen-bond acceptors (Lipinski definition) is 8. The van der Waals surface area contributed by atoms with Crippen LogP contribution in [0, 0.1) is 0 Å². The second-order valence-electron chi connectivity index (χ2n) is 5.60. The van der Waals surface area contributed by atoms with Crippen molar-refractivity contribution in [1.82, 2.24) is 0 Å². The highest BCUT2D eigenvalue weighted by molar-refractivity contribution is 5.53. The molecular weight excluding hydrogens is 408 g/mol. The predicted octanol–water partition coefficient (Wildman–Crippen LogP) is 4.59. The molecule has 0 bridgehead atoms. The van der Waals surface area contributed by atoms with Crippen LogP contribution in [0.4, 0.5) is 9.59 Å². The first-order chi connectivity index (χ1) is 14.2. The van der Waals surface area contributed by atoms with Gasteiger partial charge in [0, 0.05) is 13.2 Å². The van der Waals surface area contributed by atoms with Crippen LogP contribution in [0.3, 0.4) is 0 Å². The summed E-state index contributed by atoms with van der Waals surface area (Å²) in [5, 5.41) is 44.3. The minimum absolute atomic E-state index is 0.0601. The third kappa shape index (κ3) is 50.3. The fourth-order valence-corrected chi connectivity index (χ4v) is 1.93. The summed E-state index contributed by atoms with van der Waals surface area (Å²) >= 11 is 0. The van der Waals surface area contributed by atoms with Crippen molar-refractivity contribution >= 4 is 12.3 Å². The van der Waals surface area contributed by atoms with Crippen LogP contribution < -0.4 is 0 Å². The molecule has 0 aliphatic heterocycles. The van der Waals surface area contributed by atoms with E-state index in [9.17, 15) is 0 Å². The van der Waals surface area contributed by atoms with Gasteiger partial charge in [0.1, 0.15) is 13.2 Å². The molecule has 0 spiro atoms. The molecule has 0 heterocycles. The highest BCUT2D eigenvalue weighted by Gasteiger charge is 2.07. The third-order valence-electron chi connectivity index (χ3n) is 3.08. The lowest BCUT2D eigenvalue weighted by Gasteiger charge is -2.13. The van der Waals surface area contributed by atoms with E-state index in [1.165, 1.54) is 0 Å². The van der Waals surface area contributed by atoms with Crippen molar-refractivity contribution in [3.8, 4) is 0 Å². The molecule has 0 amide bonds. The molecule has 0 radical (unpaired) electrons. The van der Waals surface area contributed by atoms with Gasteiger partial charge in [-0.25, -0.2) is 19.4 Å². The average Bonchev–Trinajstić information content (AvgIpc) is 2.64. The molecule has 2 unspecified atom stereocenters. The molecule has 2 atom stereocenters. The van der Waals surface area contributed by atoms with Gasteiger partial charge in [-0.2, -0.15) is 0 Å². The Bertz CT molecular complexity index is 289. The van der Waals surface area contributed by atoms with Gasteiger partial charge in [-0.3, -0.25) is 10.5 Å². The molecule has 12 nitrogen and oxygen atoms in total. The van der Waals surface area contributed by atoms with E-state index >= 15 is 0 Å². The number of ether oxygens (including phenoxy) is 2. The van der Waals surface area contributed by atoms with E-state index in [2.05, 4.69) is 23.6 Å². The van der Waals surface area contributed by atoms with Crippen LogP contribution in [0.25, 0.3) is 0 Å². The van der Waals surface area contributed by atoms with Crippen molar-refractivity contribution in [3.05, 3.63) is 0 Å². The summed E-state index contributed by atoms with van der Waals surface area (Å²) in [6.45, 7) is 10.1. The highest BCUT2D eigenvalue weighted by Crippen LogP contribution is 2.05. The van der Waals surface area contributed by atoms with Gasteiger partial charge in [0.25, 0.3) is 0 Å². The summed E-state index contributed by atoms with van der Waals surface area (Å²) in [7, 11) is 0. The Morgan fingerprint density at radius 3 is 1.10 bits per heavy atom. The van der Waals surface area contributed by atoms with Crippen LogP contribution in [0.5, 0.6) is 0 Å². The van der Waals surface area contributed by atoms with E-state index in [4.69, 9.17) is 50.0 Å². The van der Waals surface area contributed by atoms with Gasteiger partial charge in [-0.1, -0.05) is 39.5 Å². The highest BCUT2D eigenvalue weighted by atomic mass is 17.1. The minimum Gasteiger partial charge on any atom is -0.450 e. The Morgan fingerprint density at radius 2 is 0.933 bits per heavy atom. The molecule has 0 fully saturated rings. The van der Waals surface area contributed by atoms with E-state index in [1.807, 2.05) is 13.8 Å². The van der Waals surface area contributed by atoms with Crippen LogP contribution in [0.15, 0.2) is 0 Å². The van der Waals surface area contributed by atoms with E-state index in [1.54, 1.807) is 0 Å². The lowest BCUT2D eigenvalue weighted by molar-refractivity contribution is -0.260. The van der Waals surface area contributed by atoms with Crippen LogP contribution in [-0.2, 0) is 19.2 Å². The van der Waals surface area contributed by atoms with Crippen LogP contribution in [0.1, 0.15) is 66.2 Å². The molecule has 0 aromatic rings. The quantitative estimate of drug-likeness (QED) is 0.160. The maximum atomic E-state index is 8.56. The second kappa shape index (κ2) is 32.0. The maximum Gasteiger partial charge on any atom is 0.503 e. The molecule has 184 valence electrons. The summed E-state index contributed by atoms with van der Waals surface area (Å²) < 4.78 is 10.6. The van der Waals surface area contributed by atoms with E-state index in [0.717, 1.165) is 38.5 Å². The average molecular weight is 449 g/mol. The van der Waals surface area contributed by atoms with Gasteiger partial charge in [0.2, 0.25) is 0 Å². The third-order valence-corrected chi connectivity index (χ3v) is 3.08. The summed E-state index contributed by atoms with van der Waals surface area (Å²) in [5.74, 6) is 0. The summed E-state index contributed by atoms with van der Waals surface area (Å²) in [6.07, 6.45) is 2.91. The number of unbranched alkanes of at least 4 members (excludes halogenated alkanes) is 2. The molecular formula is C18H40O12. The number of carbonyl (C=O) groups is 2. The van der Waals surface area contributed by atoms with Gasteiger partial charge >= 0.3 is 12.3 Å². The fourth-order valence-electron chi connectivity index (χ4n) is 1.93. The first-order valence-electron chi connectivity index (χ1n) is 9.76. The second-order valence-corrected chi connectivity index (χ2v) is 5.60. The molecule has 0 aromatic carbocycles. The standard InChI is InChI=1S/2C8H18O3.2CH2O3/c2*1-3-5-6-8(7-11-9)10-4-2;2*2-1(3)4/h2*8-9H,3-7H2,1-2H3;2*(H2,2,3,4). The van der Waals surface area contributed by atoms with Crippen molar-refractivity contribution in [2.24, 2.45) is 0 Å². The van der Waals surface area contributed by atoms with Gasteiger partial charge in [-0.05, 0) is 26.7 Å². The molecule has 0 rings (SSSR count). The molecule has 12 heteroatoms. The van der Waals surface area contributed by atoms with Gasteiger partial charge in [0.15, 0.2) is 0 Å². The normalized spacial score (nSPS) is 11.4. The molecule has 0 aliphatic carbocycles. The van der Waals surface area contributed by atoms with Crippen molar-refractivity contribution in [2.75, 3.05) is 26.4 Å². The Labute approximate surface area is 177 Å². The van der Waals surface area contributed by atoms with E-state index in [-0.39, 0.29) is 25.4 Å². The predicted molar refractivity (Wildman–Crippen MR) is 108 cm³/mol. The topological polar surface area (TPSA) is 192 Å². The lowest BCUT2D eigenvalue weighted by atomic mass is 10.2. The van der Waals surface area contributed by atoms with Crippen molar-refractivity contribution in [1.29, 1.82) is 0 Å². The largest absolute Gasteiger partial charge is 0.503 e. The first kappa shape index (κ1) is 35.7. The molecule has 0 aliphatic rings. The zero-order valence-electron chi connectivity index (χ0n) is 18.4. The Hall–Kier alpha value is -1.70. The monoisotopic (exact) mass is 448 g/mol. The Kier molecular flexibility index (Phi) is 38.1. The van der Waals surface area contributed by atoms with Crippen molar-refractivity contribution in [2.45, 2.75) is 78.4 Å². The molecule has 0 saturated carbocycles. The summed E-state index contributed by atoms with van der Waals surface area (Å²) in [6, 6.07) is 0. The summed E-state index contributed by atoms with van der Waals surface area (Å²) in [4.78, 5) is 25.2. The van der Waals surface area contributed by atoms with Gasteiger partial charge < -0.3 is 29.9 Å². The zero-order valence-corrected chi connectivity index (χ0v) is 18.4. The van der Waals surface area contributed by atoms with Crippen LogP contribution in [0.2, 0.25) is 0 Å². The van der Waals surface area contributed by atoms with Crippen molar-refractivity contribution in [3.63, 3.8) is 0 Å². The van der Waals surface area contributed by atoms with Gasteiger partial charge in [0.05, 0.1) is 12.2 Å². The van der Waals surface area contributed by atoms with Crippen molar-refractivity contribution < 1.29 is 59.8 Å². The Balaban J connectivity index is -0.000000167. The number of carboxylic acid groups (broad SMARTS) is 4. The number of rotatable bonds is 14. The van der Waals surface area contributed by atoms with E-state index < -0.39 is 12.3 Å². The SMILES string of the molecule is CCCCC(COO)OCC.CCCCC(COO)OCC.O=C(O)O.O=C(O)O. The van der Waals surface area contributed by atoms with Crippen LogP contribution in [-0.4, -0.2) is 81.9 Å². The molecule has 30 heavy (non-hydrogen) atoms. The van der Waals surface area contributed by atoms with Gasteiger partial charge in [-0.15, -0.1) is 0 Å². The lowest BCUT2D eigenvalue weighted by Crippen LogP contribution is -2.18. The number of hydrogen-bond donors (Lipinski definition) is 6. The minimum atomic E-state index is -1.83.